The SMILES string of the molecule is Nc1c(-c2cc(Br)c3c(c2)OCO3)ncn1C1CC1. The standard InChI is InChI=1S/C13H12BrN3O2/c14-9-3-7(4-10-12(9)19-6-18-10)11-13(15)17(5-16-11)8-1-2-8/h3-5,8H,1-2,6,15H2. The van der Waals surface area contributed by atoms with Gasteiger partial charge in [-0.3, -0.25) is 0 Å². The van der Waals surface area contributed by atoms with Crippen LogP contribution in [0.15, 0.2) is 22.9 Å². The lowest BCUT2D eigenvalue weighted by atomic mass is 10.1. The molecule has 1 saturated carbocycles. The number of hydrogen-bond donors (Lipinski definition) is 1. The van der Waals surface area contributed by atoms with Crippen LogP contribution in [0, 0.1) is 0 Å². The van der Waals surface area contributed by atoms with E-state index in [4.69, 9.17) is 15.2 Å². The predicted octanol–water partition coefficient (Wildman–Crippen LogP) is 2.96. The molecule has 98 valence electrons. The van der Waals surface area contributed by atoms with Crippen LogP contribution >= 0.6 is 15.9 Å². The molecule has 0 bridgehead atoms. The number of nitrogen functional groups attached to an aromatic ring is 1. The Balaban J connectivity index is 1.82. The molecule has 1 aliphatic carbocycles. The van der Waals surface area contributed by atoms with Gasteiger partial charge in [0.15, 0.2) is 11.5 Å². The first-order valence-electron chi connectivity index (χ1n) is 6.16. The zero-order valence-electron chi connectivity index (χ0n) is 10.1. The molecule has 1 aromatic heterocycles. The van der Waals surface area contributed by atoms with Crippen LogP contribution in [0.1, 0.15) is 18.9 Å². The van der Waals surface area contributed by atoms with Gasteiger partial charge in [0, 0.05) is 11.6 Å². The van der Waals surface area contributed by atoms with Crippen LogP contribution in [0.4, 0.5) is 5.82 Å². The van der Waals surface area contributed by atoms with Gasteiger partial charge in [-0.25, -0.2) is 4.98 Å². The summed E-state index contributed by atoms with van der Waals surface area (Å²) in [6, 6.07) is 4.41. The molecule has 2 N–H and O–H groups in total. The third-order valence-electron chi connectivity index (χ3n) is 3.47. The van der Waals surface area contributed by atoms with Gasteiger partial charge in [0.1, 0.15) is 11.5 Å². The van der Waals surface area contributed by atoms with Crippen molar-refractivity contribution in [2.75, 3.05) is 12.5 Å². The lowest BCUT2D eigenvalue weighted by Gasteiger charge is -2.06. The van der Waals surface area contributed by atoms with Crippen molar-refractivity contribution in [2.24, 2.45) is 0 Å². The molecule has 5 nitrogen and oxygen atoms in total. The molecule has 0 unspecified atom stereocenters. The number of aromatic nitrogens is 2. The van der Waals surface area contributed by atoms with Gasteiger partial charge in [-0.05, 0) is 40.9 Å². The fourth-order valence-corrected chi connectivity index (χ4v) is 2.90. The quantitative estimate of drug-likeness (QED) is 0.923. The highest BCUT2D eigenvalue weighted by molar-refractivity contribution is 9.10. The molecule has 19 heavy (non-hydrogen) atoms. The summed E-state index contributed by atoms with van der Waals surface area (Å²) in [5, 5.41) is 0. The predicted molar refractivity (Wildman–Crippen MR) is 74.2 cm³/mol. The first kappa shape index (κ1) is 11.2. The smallest absolute Gasteiger partial charge is 0.231 e. The molecule has 4 rings (SSSR count). The Morgan fingerprint density at radius 1 is 1.32 bits per heavy atom. The fourth-order valence-electron chi connectivity index (χ4n) is 2.34. The summed E-state index contributed by atoms with van der Waals surface area (Å²) in [5.41, 5.74) is 7.92. The molecular weight excluding hydrogens is 310 g/mol. The lowest BCUT2D eigenvalue weighted by Crippen LogP contribution is -1.99. The zero-order chi connectivity index (χ0) is 13.0. The highest BCUT2D eigenvalue weighted by Crippen LogP contribution is 2.44. The minimum atomic E-state index is 0.253. The number of imidazole rings is 1. The van der Waals surface area contributed by atoms with Gasteiger partial charge in [-0.15, -0.1) is 0 Å². The van der Waals surface area contributed by atoms with Crippen molar-refractivity contribution in [3.05, 3.63) is 22.9 Å². The fraction of sp³-hybridized carbons (Fsp3) is 0.308. The Morgan fingerprint density at radius 3 is 2.95 bits per heavy atom. The maximum atomic E-state index is 6.18. The van der Waals surface area contributed by atoms with Gasteiger partial charge in [0.05, 0.1) is 10.8 Å². The molecule has 0 radical (unpaired) electrons. The Labute approximate surface area is 118 Å². The molecule has 0 spiro atoms. The van der Waals surface area contributed by atoms with E-state index in [1.54, 1.807) is 0 Å². The topological polar surface area (TPSA) is 62.3 Å². The molecule has 2 heterocycles. The molecule has 2 aromatic rings. The second-order valence-electron chi connectivity index (χ2n) is 4.81. The molecular formula is C13H12BrN3O2. The van der Waals surface area contributed by atoms with Crippen molar-refractivity contribution >= 4 is 21.7 Å². The van der Waals surface area contributed by atoms with Crippen LogP contribution in [0.25, 0.3) is 11.3 Å². The van der Waals surface area contributed by atoms with Crippen LogP contribution in [-0.4, -0.2) is 16.3 Å². The highest BCUT2D eigenvalue weighted by Gasteiger charge is 2.27. The summed E-state index contributed by atoms with van der Waals surface area (Å²) >= 11 is 3.49. The molecule has 0 saturated heterocycles. The molecule has 0 amide bonds. The van der Waals surface area contributed by atoms with E-state index in [-0.39, 0.29) is 6.79 Å². The van der Waals surface area contributed by atoms with Gasteiger partial charge in [0.25, 0.3) is 0 Å². The van der Waals surface area contributed by atoms with Crippen molar-refractivity contribution in [3.8, 4) is 22.8 Å². The zero-order valence-corrected chi connectivity index (χ0v) is 11.7. The van der Waals surface area contributed by atoms with Crippen molar-refractivity contribution in [1.29, 1.82) is 0 Å². The van der Waals surface area contributed by atoms with Gasteiger partial charge in [-0.2, -0.15) is 0 Å². The van der Waals surface area contributed by atoms with Crippen LogP contribution < -0.4 is 15.2 Å². The molecule has 1 aliphatic heterocycles. The number of anilines is 1. The average molecular weight is 322 g/mol. The van der Waals surface area contributed by atoms with E-state index in [0.29, 0.717) is 11.9 Å². The number of nitrogens with zero attached hydrogens (tertiary/aromatic N) is 2. The number of fused-ring (bicyclic) bond motifs is 1. The minimum absolute atomic E-state index is 0.253. The lowest BCUT2D eigenvalue weighted by molar-refractivity contribution is 0.173. The maximum absolute atomic E-state index is 6.18. The number of nitrogens with two attached hydrogens (primary N) is 1. The summed E-state index contributed by atoms with van der Waals surface area (Å²) in [4.78, 5) is 4.43. The number of ether oxygens (including phenoxy) is 2. The van der Waals surface area contributed by atoms with Crippen molar-refractivity contribution < 1.29 is 9.47 Å². The van der Waals surface area contributed by atoms with Gasteiger partial charge < -0.3 is 19.8 Å². The Kier molecular flexibility index (Phi) is 2.29. The number of halogens is 1. The number of hydrogen-bond acceptors (Lipinski definition) is 4. The second-order valence-corrected chi connectivity index (χ2v) is 5.66. The highest BCUT2D eigenvalue weighted by atomic mass is 79.9. The van der Waals surface area contributed by atoms with Crippen molar-refractivity contribution in [3.63, 3.8) is 0 Å². The first-order valence-corrected chi connectivity index (χ1v) is 6.95. The molecule has 1 fully saturated rings. The third-order valence-corrected chi connectivity index (χ3v) is 4.06. The largest absolute Gasteiger partial charge is 0.454 e. The van der Waals surface area contributed by atoms with Crippen LogP contribution in [0.3, 0.4) is 0 Å². The van der Waals surface area contributed by atoms with E-state index in [1.807, 2.05) is 23.0 Å². The van der Waals surface area contributed by atoms with Gasteiger partial charge in [0.2, 0.25) is 6.79 Å². The molecule has 0 atom stereocenters. The van der Waals surface area contributed by atoms with E-state index in [2.05, 4.69) is 20.9 Å². The van der Waals surface area contributed by atoms with E-state index < -0.39 is 0 Å². The summed E-state index contributed by atoms with van der Waals surface area (Å²) in [7, 11) is 0. The third kappa shape index (κ3) is 1.70. The Bertz CT molecular complexity index is 664. The normalized spacial score (nSPS) is 16.9. The Hall–Kier alpha value is -1.69. The number of benzene rings is 1. The van der Waals surface area contributed by atoms with Crippen molar-refractivity contribution in [2.45, 2.75) is 18.9 Å². The minimum Gasteiger partial charge on any atom is -0.454 e. The first-order chi connectivity index (χ1) is 9.24. The molecule has 1 aromatic carbocycles. The van der Waals surface area contributed by atoms with Gasteiger partial charge >= 0.3 is 0 Å². The van der Waals surface area contributed by atoms with E-state index in [0.717, 1.165) is 27.2 Å². The van der Waals surface area contributed by atoms with Gasteiger partial charge in [-0.1, -0.05) is 0 Å². The molecule has 2 aliphatic rings. The van der Waals surface area contributed by atoms with Crippen molar-refractivity contribution in [1.82, 2.24) is 9.55 Å². The second kappa shape index (κ2) is 3.90. The average Bonchev–Trinajstić information content (AvgIpc) is 2.98. The van der Waals surface area contributed by atoms with E-state index in [1.165, 1.54) is 12.8 Å². The van der Waals surface area contributed by atoms with E-state index in [9.17, 15) is 0 Å². The summed E-state index contributed by atoms with van der Waals surface area (Å²) in [5.74, 6) is 2.18. The van der Waals surface area contributed by atoms with Crippen LogP contribution in [0.2, 0.25) is 0 Å². The summed E-state index contributed by atoms with van der Waals surface area (Å²) in [6.07, 6.45) is 4.19. The van der Waals surface area contributed by atoms with Crippen LogP contribution in [-0.2, 0) is 0 Å². The van der Waals surface area contributed by atoms with E-state index >= 15 is 0 Å². The number of rotatable bonds is 2. The molecule has 6 heteroatoms. The summed E-state index contributed by atoms with van der Waals surface area (Å²) in [6.45, 7) is 0.253. The monoisotopic (exact) mass is 321 g/mol. The van der Waals surface area contributed by atoms with Crippen LogP contribution in [0.5, 0.6) is 11.5 Å². The Morgan fingerprint density at radius 2 is 2.16 bits per heavy atom. The maximum Gasteiger partial charge on any atom is 0.231 e. The summed E-state index contributed by atoms with van der Waals surface area (Å²) < 4.78 is 13.7.